The van der Waals surface area contributed by atoms with Crippen molar-refractivity contribution >= 4 is 27.3 Å². The van der Waals surface area contributed by atoms with E-state index in [1.807, 2.05) is 0 Å². The van der Waals surface area contributed by atoms with Crippen LogP contribution < -0.4 is 0 Å². The Balaban J connectivity index is 3.00. The molecule has 0 bridgehead atoms. The minimum absolute atomic E-state index is 0.573. The van der Waals surface area contributed by atoms with Crippen molar-refractivity contribution in [3.63, 3.8) is 0 Å². The van der Waals surface area contributed by atoms with Crippen LogP contribution in [-0.2, 0) is 0 Å². The van der Waals surface area contributed by atoms with Crippen molar-refractivity contribution < 1.29 is 0 Å². The summed E-state index contributed by atoms with van der Waals surface area (Å²) in [5, 5.41) is 0. The van der Waals surface area contributed by atoms with E-state index in [9.17, 15) is 0 Å². The molecule has 0 unspecified atom stereocenters. The van der Waals surface area contributed by atoms with E-state index in [1.54, 1.807) is 0 Å². The second kappa shape index (κ2) is 14.8. The quantitative estimate of drug-likeness (QED) is 0.170. The summed E-state index contributed by atoms with van der Waals surface area (Å²) in [6.45, 7) is 28.3. The first kappa shape index (κ1) is 33.5. The molecule has 0 N–H and O–H groups in total. The van der Waals surface area contributed by atoms with Gasteiger partial charge in [-0.05, 0) is 44.4 Å². The van der Waals surface area contributed by atoms with Gasteiger partial charge in [0.25, 0.3) is 0 Å². The number of hydrogen-bond acceptors (Lipinski definition) is 0. The van der Waals surface area contributed by atoms with Crippen LogP contribution in [0, 0.1) is 22.9 Å². The molecule has 0 radical (unpaired) electrons. The van der Waals surface area contributed by atoms with Crippen molar-refractivity contribution in [2.24, 2.45) is 0 Å². The summed E-state index contributed by atoms with van der Waals surface area (Å²) in [5.41, 5.74) is 22.3. The van der Waals surface area contributed by atoms with Gasteiger partial charge < -0.3 is 0 Å². The topological polar surface area (TPSA) is 0 Å². The van der Waals surface area contributed by atoms with Crippen LogP contribution in [0.25, 0.3) is 11.1 Å². The van der Waals surface area contributed by atoms with Crippen LogP contribution in [0.5, 0.6) is 0 Å². The van der Waals surface area contributed by atoms with Crippen LogP contribution in [0.15, 0.2) is 72.1 Å². The molecule has 0 fully saturated rings. The second-order valence-corrected chi connectivity index (χ2v) is 24.2. The molecule has 0 aromatic heterocycles. The largest absolute Gasteiger partial charge is 0.146 e. The van der Waals surface area contributed by atoms with Crippen molar-refractivity contribution in [1.29, 1.82) is 0 Å². The van der Waals surface area contributed by atoms with E-state index >= 15 is 0 Å². The lowest BCUT2D eigenvalue weighted by atomic mass is 10.1. The zero-order valence-corrected chi connectivity index (χ0v) is 29.2. The molecular weight excluding hydrogens is 513 g/mol. The normalized spacial score (nSPS) is 11.8. The van der Waals surface area contributed by atoms with Crippen LogP contribution >= 0.6 is 0 Å². The molecule has 0 heterocycles. The van der Waals surface area contributed by atoms with Gasteiger partial charge in [0.05, 0.1) is 11.1 Å². The van der Waals surface area contributed by atoms with Crippen molar-refractivity contribution in [1.82, 2.24) is 0 Å². The van der Waals surface area contributed by atoms with Gasteiger partial charge in [-0.2, -0.15) is 0 Å². The van der Waals surface area contributed by atoms with E-state index < -0.39 is 16.1 Å². The van der Waals surface area contributed by atoms with Crippen molar-refractivity contribution in [3.8, 4) is 22.9 Å². The smallest absolute Gasteiger partial charge is 0.124 e. The van der Waals surface area contributed by atoms with Gasteiger partial charge in [-0.25, -0.2) is 0 Å². The van der Waals surface area contributed by atoms with Crippen LogP contribution in [-0.4, -0.2) is 16.1 Å². The standard InChI is InChI=1S/C38H52Si2/c1-29(2)39(30(3)4,31(5)6)27-25-37(35-19-15-13-16-20-35)23-24-38(36-21-17-14-18-22-36)26-28-40(32(7)8,33(9)10)34(11)12/h13-22,29-34H,1-12H3. The molecule has 0 nitrogen and oxygen atoms in total. The van der Waals surface area contributed by atoms with Gasteiger partial charge in [0, 0.05) is 0 Å². The maximum Gasteiger partial charge on any atom is 0.146 e. The number of allylic oxidation sites excluding steroid dienone is 2. The monoisotopic (exact) mass is 564 g/mol. The predicted molar refractivity (Wildman–Crippen MR) is 184 cm³/mol. The first-order chi connectivity index (χ1) is 18.8. The minimum atomic E-state index is -1.90. The fourth-order valence-electron chi connectivity index (χ4n) is 6.89. The lowest BCUT2D eigenvalue weighted by Crippen LogP contribution is -2.43. The Morgan fingerprint density at radius 3 is 0.900 bits per heavy atom. The molecule has 0 atom stereocenters. The molecule has 0 aliphatic heterocycles. The summed E-state index contributed by atoms with van der Waals surface area (Å²) in [6, 6.07) is 20.9. The van der Waals surface area contributed by atoms with Crippen LogP contribution in [0.3, 0.4) is 0 Å². The first-order valence-electron chi connectivity index (χ1n) is 15.2. The van der Waals surface area contributed by atoms with Gasteiger partial charge >= 0.3 is 0 Å². The Hall–Kier alpha value is -2.71. The third-order valence-corrected chi connectivity index (χ3v) is 21.6. The van der Waals surface area contributed by atoms with E-state index in [-0.39, 0.29) is 0 Å². The summed E-state index contributed by atoms with van der Waals surface area (Å²) in [5.74, 6) is 7.31. The van der Waals surface area contributed by atoms with Crippen LogP contribution in [0.2, 0.25) is 33.2 Å². The molecular formula is C38H52Si2. The summed E-state index contributed by atoms with van der Waals surface area (Å²) in [7, 11) is -3.80. The predicted octanol–water partition coefficient (Wildman–Crippen LogP) is 11.4. The highest BCUT2D eigenvalue weighted by Crippen LogP contribution is 2.42. The molecule has 212 valence electrons. The highest BCUT2D eigenvalue weighted by atomic mass is 28.3. The highest BCUT2D eigenvalue weighted by Gasteiger charge is 2.42. The lowest BCUT2D eigenvalue weighted by molar-refractivity contribution is 0.838. The number of rotatable bonds is 8. The van der Waals surface area contributed by atoms with Gasteiger partial charge in [-0.3, -0.25) is 0 Å². The molecule has 2 aromatic carbocycles. The second-order valence-electron chi connectivity index (χ2n) is 13.0. The van der Waals surface area contributed by atoms with Crippen LogP contribution in [0.4, 0.5) is 0 Å². The Bertz CT molecular complexity index is 1170. The summed E-state index contributed by atoms with van der Waals surface area (Å²) in [6.07, 6.45) is 0. The maximum atomic E-state index is 3.91. The molecule has 40 heavy (non-hydrogen) atoms. The highest BCUT2D eigenvalue weighted by molar-refractivity contribution is 6.91. The molecule has 0 amide bonds. The minimum Gasteiger partial charge on any atom is -0.124 e. The average Bonchev–Trinajstić information content (AvgIpc) is 2.89. The van der Waals surface area contributed by atoms with E-state index in [0.29, 0.717) is 33.2 Å². The summed E-state index contributed by atoms with van der Waals surface area (Å²) in [4.78, 5) is 0. The van der Waals surface area contributed by atoms with Crippen LogP contribution in [0.1, 0.15) is 94.2 Å². The number of hydrogen-bond donors (Lipinski definition) is 0. The fourth-order valence-corrected chi connectivity index (χ4v) is 17.3. The Morgan fingerprint density at radius 1 is 0.425 bits per heavy atom. The van der Waals surface area contributed by atoms with Crippen molar-refractivity contribution in [3.05, 3.63) is 83.3 Å². The SMILES string of the molecule is CC(C)[Si](C#CC(=C=C=C(C#C[Si](C(C)C)(C(C)C)C(C)C)c1ccccc1)c1ccccc1)(C(C)C)C(C)C. The molecule has 0 saturated carbocycles. The van der Waals surface area contributed by atoms with E-state index in [1.165, 1.54) is 0 Å². The Kier molecular flexibility index (Phi) is 12.4. The Labute approximate surface area is 249 Å². The van der Waals surface area contributed by atoms with E-state index in [4.69, 9.17) is 0 Å². The van der Waals surface area contributed by atoms with Gasteiger partial charge in [0.2, 0.25) is 0 Å². The number of benzene rings is 2. The van der Waals surface area contributed by atoms with Crippen molar-refractivity contribution in [2.75, 3.05) is 0 Å². The summed E-state index contributed by atoms with van der Waals surface area (Å²) >= 11 is 0. The maximum absolute atomic E-state index is 3.91. The van der Waals surface area contributed by atoms with Gasteiger partial charge in [0.1, 0.15) is 16.1 Å². The third kappa shape index (κ3) is 7.52. The van der Waals surface area contributed by atoms with E-state index in [2.05, 4.69) is 178 Å². The molecule has 0 spiro atoms. The zero-order chi connectivity index (χ0) is 30.1. The molecule has 0 saturated heterocycles. The molecule has 0 aliphatic rings. The molecule has 0 aliphatic carbocycles. The molecule has 2 heteroatoms. The molecule has 2 rings (SSSR count). The summed E-state index contributed by atoms with van der Waals surface area (Å²) < 4.78 is 0. The lowest BCUT2D eigenvalue weighted by Gasteiger charge is -2.38. The Morgan fingerprint density at radius 2 is 0.675 bits per heavy atom. The van der Waals surface area contributed by atoms with Gasteiger partial charge in [0.15, 0.2) is 0 Å². The van der Waals surface area contributed by atoms with Crippen molar-refractivity contribution in [2.45, 2.75) is 116 Å². The molecule has 2 aromatic rings. The average molecular weight is 565 g/mol. The zero-order valence-electron chi connectivity index (χ0n) is 27.2. The fraction of sp³-hybridized carbons (Fsp3) is 0.474. The van der Waals surface area contributed by atoms with Gasteiger partial charge in [-0.1, -0.05) is 167 Å². The first-order valence-corrected chi connectivity index (χ1v) is 19.7. The third-order valence-electron chi connectivity index (χ3n) is 8.98. The van der Waals surface area contributed by atoms with Gasteiger partial charge in [-0.15, -0.1) is 11.1 Å². The van der Waals surface area contributed by atoms with E-state index in [0.717, 1.165) is 22.3 Å².